The Labute approximate surface area is 173 Å². The van der Waals surface area contributed by atoms with Gasteiger partial charge in [-0.05, 0) is 35.7 Å². The summed E-state index contributed by atoms with van der Waals surface area (Å²) < 4.78 is 16.5. The van der Waals surface area contributed by atoms with E-state index in [0.29, 0.717) is 35.1 Å². The van der Waals surface area contributed by atoms with Crippen LogP contribution in [0.25, 0.3) is 11.5 Å². The molecule has 0 amide bonds. The maximum absolute atomic E-state index is 5.78. The van der Waals surface area contributed by atoms with Gasteiger partial charge < -0.3 is 13.6 Å². The van der Waals surface area contributed by atoms with E-state index in [2.05, 4.69) is 34.2 Å². The topological polar surface area (TPSA) is 74.2 Å². The molecule has 0 aliphatic heterocycles. The lowest BCUT2D eigenvalue weighted by Gasteiger charge is -2.08. The highest BCUT2D eigenvalue weighted by atomic mass is 32.2. The van der Waals surface area contributed by atoms with Gasteiger partial charge in [-0.25, -0.2) is 4.98 Å². The minimum Gasteiger partial charge on any atom is -0.497 e. The largest absolute Gasteiger partial charge is 0.497 e. The molecule has 0 aliphatic carbocycles. The highest BCUT2D eigenvalue weighted by Crippen LogP contribution is 2.26. The van der Waals surface area contributed by atoms with E-state index in [-0.39, 0.29) is 0 Å². The molecule has 0 saturated carbocycles. The summed E-state index contributed by atoms with van der Waals surface area (Å²) in [5, 5.41) is 8.84. The van der Waals surface area contributed by atoms with Crippen LogP contribution in [0.1, 0.15) is 30.0 Å². The summed E-state index contributed by atoms with van der Waals surface area (Å²) in [6.07, 6.45) is 2.37. The van der Waals surface area contributed by atoms with E-state index < -0.39 is 0 Å². The van der Waals surface area contributed by atoms with Crippen LogP contribution >= 0.6 is 11.8 Å². The number of aromatic nitrogens is 3. The normalized spacial score (nSPS) is 12.1. The molecule has 0 fully saturated rings. The lowest BCUT2D eigenvalue weighted by atomic mass is 9.98. The van der Waals surface area contributed by atoms with Gasteiger partial charge in [-0.3, -0.25) is 0 Å². The Balaban J connectivity index is 1.33. The molecule has 29 heavy (non-hydrogen) atoms. The molecule has 2 aromatic heterocycles. The van der Waals surface area contributed by atoms with Crippen LogP contribution in [-0.4, -0.2) is 22.3 Å². The zero-order valence-corrected chi connectivity index (χ0v) is 17.1. The number of methoxy groups -OCH3 is 1. The first kappa shape index (κ1) is 19.3. The second kappa shape index (κ2) is 8.96. The van der Waals surface area contributed by atoms with Crippen molar-refractivity contribution in [1.29, 1.82) is 0 Å². The van der Waals surface area contributed by atoms with Gasteiger partial charge in [-0.1, -0.05) is 49.0 Å². The number of thioether (sulfide) groups is 1. The molecule has 0 radical (unpaired) electrons. The van der Waals surface area contributed by atoms with Crippen LogP contribution in [0.4, 0.5) is 0 Å². The third-order valence-corrected chi connectivity index (χ3v) is 5.38. The summed E-state index contributed by atoms with van der Waals surface area (Å²) in [5.74, 6) is 2.92. The quantitative estimate of drug-likeness (QED) is 0.363. The second-order valence-corrected chi connectivity index (χ2v) is 7.57. The highest BCUT2D eigenvalue weighted by molar-refractivity contribution is 7.98. The summed E-state index contributed by atoms with van der Waals surface area (Å²) >= 11 is 1.45. The number of ether oxygens (including phenoxy) is 1. The fourth-order valence-electron chi connectivity index (χ4n) is 2.92. The SMILES string of the molecule is COc1ccc(-c2nc(CSc3nnc(CC(C)c4ccccc4)o3)co2)cc1. The molecule has 7 heteroatoms. The second-order valence-electron chi connectivity index (χ2n) is 6.64. The monoisotopic (exact) mass is 407 g/mol. The van der Waals surface area contributed by atoms with Gasteiger partial charge in [0, 0.05) is 17.7 Å². The first-order valence-corrected chi connectivity index (χ1v) is 10.3. The van der Waals surface area contributed by atoms with Gasteiger partial charge in [0.15, 0.2) is 0 Å². The standard InChI is InChI=1S/C22H21N3O3S/c1-15(16-6-4-3-5-7-16)12-20-24-25-22(28-20)29-14-18-13-27-21(23-18)17-8-10-19(26-2)11-9-17/h3-11,13,15H,12,14H2,1-2H3. The van der Waals surface area contributed by atoms with Crippen molar-refractivity contribution in [3.05, 3.63) is 78.0 Å². The van der Waals surface area contributed by atoms with Gasteiger partial charge in [-0.2, -0.15) is 0 Å². The van der Waals surface area contributed by atoms with Crippen molar-refractivity contribution < 1.29 is 13.6 Å². The summed E-state index contributed by atoms with van der Waals surface area (Å²) in [6, 6.07) is 17.9. The van der Waals surface area contributed by atoms with Crippen LogP contribution in [0, 0.1) is 0 Å². The molecule has 1 atom stereocenters. The minimum absolute atomic E-state index is 0.317. The smallest absolute Gasteiger partial charge is 0.276 e. The molecule has 0 spiro atoms. The van der Waals surface area contributed by atoms with Gasteiger partial charge in [-0.15, -0.1) is 10.2 Å². The molecule has 0 N–H and O–H groups in total. The van der Waals surface area contributed by atoms with E-state index >= 15 is 0 Å². The van der Waals surface area contributed by atoms with Crippen molar-refractivity contribution in [2.24, 2.45) is 0 Å². The van der Waals surface area contributed by atoms with Crippen molar-refractivity contribution in [3.8, 4) is 17.2 Å². The predicted molar refractivity (Wildman–Crippen MR) is 111 cm³/mol. The van der Waals surface area contributed by atoms with Gasteiger partial charge in [0.2, 0.25) is 11.8 Å². The average Bonchev–Trinajstić information content (AvgIpc) is 3.42. The third kappa shape index (κ3) is 4.86. The van der Waals surface area contributed by atoms with Crippen molar-refractivity contribution in [2.45, 2.75) is 30.2 Å². The van der Waals surface area contributed by atoms with E-state index in [4.69, 9.17) is 13.6 Å². The van der Waals surface area contributed by atoms with Crippen LogP contribution in [0.3, 0.4) is 0 Å². The van der Waals surface area contributed by atoms with E-state index in [0.717, 1.165) is 17.0 Å². The van der Waals surface area contributed by atoms with E-state index in [9.17, 15) is 0 Å². The van der Waals surface area contributed by atoms with Gasteiger partial charge in [0.05, 0.1) is 12.8 Å². The molecule has 4 aromatic rings. The lowest BCUT2D eigenvalue weighted by Crippen LogP contribution is -1.98. The summed E-state index contributed by atoms with van der Waals surface area (Å²) in [7, 11) is 1.64. The predicted octanol–water partition coefficient (Wildman–Crippen LogP) is 5.37. The Morgan fingerprint density at radius 2 is 1.83 bits per heavy atom. The number of benzene rings is 2. The van der Waals surface area contributed by atoms with E-state index in [1.54, 1.807) is 13.4 Å². The molecular weight excluding hydrogens is 386 g/mol. The molecule has 2 aromatic carbocycles. The first-order valence-electron chi connectivity index (χ1n) is 9.30. The molecule has 0 bridgehead atoms. The van der Waals surface area contributed by atoms with Crippen LogP contribution in [-0.2, 0) is 12.2 Å². The maximum atomic E-state index is 5.78. The van der Waals surface area contributed by atoms with Crippen molar-refractivity contribution in [1.82, 2.24) is 15.2 Å². The number of hydrogen-bond donors (Lipinski definition) is 0. The molecule has 1 unspecified atom stereocenters. The molecule has 6 nitrogen and oxygen atoms in total. The maximum Gasteiger partial charge on any atom is 0.276 e. The average molecular weight is 407 g/mol. The summed E-state index contributed by atoms with van der Waals surface area (Å²) in [6.45, 7) is 2.16. The van der Waals surface area contributed by atoms with Gasteiger partial charge in [0.1, 0.15) is 12.0 Å². The molecule has 0 saturated heterocycles. The van der Waals surface area contributed by atoms with Crippen LogP contribution in [0.2, 0.25) is 0 Å². The molecule has 148 valence electrons. The summed E-state index contributed by atoms with van der Waals surface area (Å²) in [4.78, 5) is 4.53. The zero-order chi connectivity index (χ0) is 20.1. The Morgan fingerprint density at radius 1 is 1.03 bits per heavy atom. The lowest BCUT2D eigenvalue weighted by molar-refractivity contribution is 0.404. The van der Waals surface area contributed by atoms with Crippen molar-refractivity contribution in [2.75, 3.05) is 7.11 Å². The fourth-order valence-corrected chi connectivity index (χ4v) is 3.57. The molecule has 2 heterocycles. The number of nitrogens with zero attached hydrogens (tertiary/aromatic N) is 3. The first-order chi connectivity index (χ1) is 14.2. The molecule has 0 aliphatic rings. The zero-order valence-electron chi connectivity index (χ0n) is 16.2. The number of rotatable bonds is 8. The number of oxazole rings is 1. The van der Waals surface area contributed by atoms with Gasteiger partial charge >= 0.3 is 0 Å². The van der Waals surface area contributed by atoms with Crippen LogP contribution in [0.15, 0.2) is 74.9 Å². The Morgan fingerprint density at radius 3 is 2.59 bits per heavy atom. The highest BCUT2D eigenvalue weighted by Gasteiger charge is 2.14. The Hall–Kier alpha value is -3.06. The molecular formula is C22H21N3O3S. The van der Waals surface area contributed by atoms with Crippen LogP contribution < -0.4 is 4.74 Å². The third-order valence-electron chi connectivity index (χ3n) is 4.53. The minimum atomic E-state index is 0.317. The van der Waals surface area contributed by atoms with E-state index in [1.165, 1.54) is 17.3 Å². The summed E-state index contributed by atoms with van der Waals surface area (Å²) in [5.41, 5.74) is 2.98. The Bertz CT molecular complexity index is 1040. The Kier molecular flexibility index (Phi) is 5.95. The fraction of sp³-hybridized carbons (Fsp3) is 0.227. The van der Waals surface area contributed by atoms with Crippen LogP contribution in [0.5, 0.6) is 5.75 Å². The van der Waals surface area contributed by atoms with Crippen molar-refractivity contribution in [3.63, 3.8) is 0 Å². The number of hydrogen-bond acceptors (Lipinski definition) is 7. The molecule has 4 rings (SSSR count). The van der Waals surface area contributed by atoms with E-state index in [1.807, 2.05) is 42.5 Å². The van der Waals surface area contributed by atoms with Crippen molar-refractivity contribution >= 4 is 11.8 Å². The van der Waals surface area contributed by atoms with Gasteiger partial charge in [0.25, 0.3) is 5.22 Å².